The second-order valence-electron chi connectivity index (χ2n) is 3.73. The summed E-state index contributed by atoms with van der Waals surface area (Å²) < 4.78 is 0. The zero-order chi connectivity index (χ0) is 11.6. The number of nitrogens with zero attached hydrogens (tertiary/aromatic N) is 1. The fourth-order valence-corrected chi connectivity index (χ4v) is 2.22. The lowest BCUT2D eigenvalue weighted by atomic mass is 10.1. The molecule has 0 bridgehead atoms. The molecule has 0 aliphatic rings. The van der Waals surface area contributed by atoms with E-state index in [-0.39, 0.29) is 5.78 Å². The molecule has 0 unspecified atom stereocenters. The van der Waals surface area contributed by atoms with Gasteiger partial charge < -0.3 is 4.90 Å². The molecular formula is C11H13Cl2NO. The maximum atomic E-state index is 11.2. The third-order valence-electron chi connectivity index (χ3n) is 1.95. The zero-order valence-corrected chi connectivity index (χ0v) is 10.5. The Bertz CT molecular complexity index is 365. The fourth-order valence-electron chi connectivity index (χ4n) is 1.42. The van der Waals surface area contributed by atoms with Gasteiger partial charge in [-0.15, -0.1) is 0 Å². The molecule has 0 fully saturated rings. The number of carbonyl (C=O) groups is 1. The van der Waals surface area contributed by atoms with E-state index in [4.69, 9.17) is 23.2 Å². The van der Waals surface area contributed by atoms with Crippen molar-refractivity contribution in [3.63, 3.8) is 0 Å². The minimum absolute atomic E-state index is 0.110. The van der Waals surface area contributed by atoms with Gasteiger partial charge in [-0.2, -0.15) is 0 Å². The zero-order valence-electron chi connectivity index (χ0n) is 8.97. The second kappa shape index (κ2) is 4.97. The summed E-state index contributed by atoms with van der Waals surface area (Å²) in [6, 6.07) is 3.56. The van der Waals surface area contributed by atoms with Crippen LogP contribution in [0.3, 0.4) is 0 Å². The molecule has 0 saturated carbocycles. The van der Waals surface area contributed by atoms with Crippen LogP contribution >= 0.6 is 23.2 Å². The van der Waals surface area contributed by atoms with E-state index in [0.717, 1.165) is 12.1 Å². The van der Waals surface area contributed by atoms with Crippen LogP contribution in [0.1, 0.15) is 22.8 Å². The third kappa shape index (κ3) is 3.20. The predicted octanol–water partition coefficient (Wildman–Crippen LogP) is 3.26. The van der Waals surface area contributed by atoms with Crippen LogP contribution in [0.4, 0.5) is 0 Å². The number of halogens is 2. The van der Waals surface area contributed by atoms with Crippen molar-refractivity contribution < 1.29 is 4.79 Å². The van der Waals surface area contributed by atoms with Crippen LogP contribution in [-0.2, 0) is 6.54 Å². The van der Waals surface area contributed by atoms with Crippen molar-refractivity contribution in [2.45, 2.75) is 13.5 Å². The van der Waals surface area contributed by atoms with E-state index in [1.54, 1.807) is 12.1 Å². The first-order chi connectivity index (χ1) is 6.91. The van der Waals surface area contributed by atoms with Gasteiger partial charge in [-0.25, -0.2) is 0 Å². The summed E-state index contributed by atoms with van der Waals surface area (Å²) in [5, 5.41) is 0.846. The molecule has 0 heterocycles. The van der Waals surface area contributed by atoms with Crippen molar-refractivity contribution in [3.8, 4) is 0 Å². The van der Waals surface area contributed by atoms with Gasteiger partial charge in [0.25, 0.3) is 0 Å². The highest BCUT2D eigenvalue weighted by molar-refractivity contribution is 6.39. The maximum absolute atomic E-state index is 11.2. The molecule has 0 aliphatic carbocycles. The highest BCUT2D eigenvalue weighted by atomic mass is 35.5. The summed E-state index contributed by atoms with van der Waals surface area (Å²) in [5.74, 6) is -0.110. The quantitative estimate of drug-likeness (QED) is 0.763. The van der Waals surface area contributed by atoms with Gasteiger partial charge >= 0.3 is 0 Å². The van der Waals surface area contributed by atoms with E-state index in [1.807, 2.05) is 19.0 Å². The van der Waals surface area contributed by atoms with E-state index in [2.05, 4.69) is 0 Å². The molecule has 0 aliphatic heterocycles. The number of rotatable bonds is 3. The molecule has 0 spiro atoms. The Morgan fingerprint density at radius 1 is 1.27 bits per heavy atom. The topological polar surface area (TPSA) is 20.3 Å². The van der Waals surface area contributed by atoms with E-state index >= 15 is 0 Å². The van der Waals surface area contributed by atoms with Crippen LogP contribution in [0, 0.1) is 0 Å². The monoisotopic (exact) mass is 245 g/mol. The van der Waals surface area contributed by atoms with Crippen molar-refractivity contribution in [2.75, 3.05) is 14.1 Å². The van der Waals surface area contributed by atoms with Crippen LogP contribution in [0.25, 0.3) is 0 Å². The van der Waals surface area contributed by atoms with Crippen LogP contribution in [0.15, 0.2) is 12.1 Å². The lowest BCUT2D eigenvalue weighted by Crippen LogP contribution is -2.11. The normalized spacial score (nSPS) is 10.8. The van der Waals surface area contributed by atoms with Crippen molar-refractivity contribution >= 4 is 29.0 Å². The molecule has 0 aromatic heterocycles. The maximum Gasteiger partial charge on any atom is 0.162 e. The highest BCUT2D eigenvalue weighted by Crippen LogP contribution is 2.27. The number of Topliss-reactive ketones (excluding diaryl/α,β-unsaturated/α-hetero) is 1. The highest BCUT2D eigenvalue weighted by Gasteiger charge is 2.12. The van der Waals surface area contributed by atoms with Gasteiger partial charge in [-0.3, -0.25) is 4.79 Å². The first-order valence-corrected chi connectivity index (χ1v) is 5.31. The lowest BCUT2D eigenvalue weighted by Gasteiger charge is -2.12. The summed E-state index contributed by atoms with van der Waals surface area (Å²) in [4.78, 5) is 13.3. The molecule has 2 nitrogen and oxygen atoms in total. The van der Waals surface area contributed by atoms with E-state index in [1.165, 1.54) is 6.92 Å². The molecule has 1 aromatic carbocycles. The SMILES string of the molecule is CC(=O)c1c(Cl)cc(CN(C)C)cc1Cl. The van der Waals surface area contributed by atoms with E-state index in [0.29, 0.717) is 15.6 Å². The molecule has 0 saturated heterocycles. The summed E-state index contributed by atoms with van der Waals surface area (Å²) in [5.41, 5.74) is 1.40. The minimum Gasteiger partial charge on any atom is -0.305 e. The van der Waals surface area contributed by atoms with Gasteiger partial charge in [-0.05, 0) is 38.7 Å². The van der Waals surface area contributed by atoms with Gasteiger partial charge in [0, 0.05) is 6.54 Å². The fraction of sp³-hybridized carbons (Fsp3) is 0.364. The summed E-state index contributed by atoms with van der Waals surface area (Å²) >= 11 is 12.0. The summed E-state index contributed by atoms with van der Waals surface area (Å²) in [6.07, 6.45) is 0. The Morgan fingerprint density at radius 3 is 2.07 bits per heavy atom. The molecule has 0 N–H and O–H groups in total. The standard InChI is InChI=1S/C11H13Cl2NO/c1-7(15)11-9(12)4-8(5-10(11)13)6-14(2)3/h4-5H,6H2,1-3H3. The van der Waals surface area contributed by atoms with Gasteiger partial charge in [0.2, 0.25) is 0 Å². The van der Waals surface area contributed by atoms with Crippen molar-refractivity contribution in [2.24, 2.45) is 0 Å². The van der Waals surface area contributed by atoms with Crippen LogP contribution < -0.4 is 0 Å². The Hall–Kier alpha value is -0.570. The molecule has 0 radical (unpaired) electrons. The van der Waals surface area contributed by atoms with E-state index < -0.39 is 0 Å². The van der Waals surface area contributed by atoms with Crippen LogP contribution in [-0.4, -0.2) is 24.8 Å². The molecule has 0 amide bonds. The smallest absolute Gasteiger partial charge is 0.162 e. The Labute approximate surface area is 99.8 Å². The minimum atomic E-state index is -0.110. The van der Waals surface area contributed by atoms with E-state index in [9.17, 15) is 4.79 Å². The molecular weight excluding hydrogens is 233 g/mol. The average molecular weight is 246 g/mol. The number of ketones is 1. The number of benzene rings is 1. The van der Waals surface area contributed by atoms with Crippen molar-refractivity contribution in [3.05, 3.63) is 33.3 Å². The number of carbonyl (C=O) groups excluding carboxylic acids is 1. The third-order valence-corrected chi connectivity index (χ3v) is 2.55. The number of hydrogen-bond acceptors (Lipinski definition) is 2. The molecule has 4 heteroatoms. The van der Waals surface area contributed by atoms with Crippen LogP contribution in [0.2, 0.25) is 10.0 Å². The van der Waals surface area contributed by atoms with Gasteiger partial charge in [0.05, 0.1) is 15.6 Å². The second-order valence-corrected chi connectivity index (χ2v) is 4.54. The van der Waals surface area contributed by atoms with Crippen molar-refractivity contribution in [1.82, 2.24) is 4.90 Å². The van der Waals surface area contributed by atoms with Gasteiger partial charge in [0.1, 0.15) is 0 Å². The Kier molecular flexibility index (Phi) is 4.14. The molecule has 0 atom stereocenters. The molecule has 15 heavy (non-hydrogen) atoms. The molecule has 82 valence electrons. The summed E-state index contributed by atoms with van der Waals surface area (Å²) in [7, 11) is 3.92. The largest absolute Gasteiger partial charge is 0.305 e. The molecule has 1 aromatic rings. The Morgan fingerprint density at radius 2 is 1.73 bits per heavy atom. The average Bonchev–Trinajstić information content (AvgIpc) is 1.99. The van der Waals surface area contributed by atoms with Gasteiger partial charge in [0.15, 0.2) is 5.78 Å². The van der Waals surface area contributed by atoms with Crippen molar-refractivity contribution in [1.29, 1.82) is 0 Å². The first kappa shape index (κ1) is 12.5. The Balaban J connectivity index is 3.14. The summed E-state index contributed by atoms with van der Waals surface area (Å²) in [6.45, 7) is 2.20. The molecule has 1 rings (SSSR count). The lowest BCUT2D eigenvalue weighted by molar-refractivity contribution is 0.101. The van der Waals surface area contributed by atoms with Gasteiger partial charge in [-0.1, -0.05) is 23.2 Å². The van der Waals surface area contributed by atoms with Crippen LogP contribution in [0.5, 0.6) is 0 Å². The first-order valence-electron chi connectivity index (χ1n) is 4.55. The predicted molar refractivity (Wildman–Crippen MR) is 63.9 cm³/mol. The number of hydrogen-bond donors (Lipinski definition) is 0.